The van der Waals surface area contributed by atoms with Gasteiger partial charge in [0, 0.05) is 10.9 Å². The summed E-state index contributed by atoms with van der Waals surface area (Å²) < 4.78 is 6.89. The van der Waals surface area contributed by atoms with Crippen LogP contribution in [-0.2, 0) is 9.53 Å². The van der Waals surface area contributed by atoms with E-state index in [9.17, 15) is 14.7 Å². The summed E-state index contributed by atoms with van der Waals surface area (Å²) in [6.45, 7) is 3.72. The van der Waals surface area contributed by atoms with Crippen molar-refractivity contribution in [3.05, 3.63) is 95.7 Å². The highest BCUT2D eigenvalue weighted by Gasteiger charge is 2.28. The van der Waals surface area contributed by atoms with E-state index in [0.29, 0.717) is 22.6 Å². The number of carbonyl (C=O) groups is 2. The molecule has 0 aliphatic heterocycles. The van der Waals surface area contributed by atoms with Gasteiger partial charge in [0.15, 0.2) is 6.10 Å². The summed E-state index contributed by atoms with van der Waals surface area (Å²) in [6, 6.07) is 23.9. The van der Waals surface area contributed by atoms with E-state index in [1.807, 2.05) is 60.0 Å². The molecule has 32 heavy (non-hydrogen) atoms. The van der Waals surface area contributed by atoms with Gasteiger partial charge in [-0.05, 0) is 49.7 Å². The molecule has 1 atom stereocenters. The Hall–Kier alpha value is -3.90. The monoisotopic (exact) mass is 428 g/mol. The molecule has 4 rings (SSSR count). The van der Waals surface area contributed by atoms with E-state index in [0.717, 1.165) is 16.5 Å². The maximum absolute atomic E-state index is 12.8. The highest BCUT2D eigenvalue weighted by Crippen LogP contribution is 2.35. The van der Waals surface area contributed by atoms with Crippen LogP contribution in [0.25, 0.3) is 16.6 Å². The van der Waals surface area contributed by atoms with Crippen molar-refractivity contribution in [1.29, 1.82) is 0 Å². The summed E-state index contributed by atoms with van der Waals surface area (Å²) in [7, 11) is 0. The largest absolute Gasteiger partial charge is 0.464 e. The highest BCUT2D eigenvalue weighted by atomic mass is 16.5. The molecular formula is C26H24N2O4. The molecule has 1 aromatic heterocycles. The van der Waals surface area contributed by atoms with E-state index >= 15 is 0 Å². The molecule has 0 aliphatic rings. The molecule has 4 aromatic rings. The minimum atomic E-state index is -1.47. The van der Waals surface area contributed by atoms with Crippen molar-refractivity contribution in [2.75, 3.05) is 11.9 Å². The number of esters is 1. The molecule has 162 valence electrons. The van der Waals surface area contributed by atoms with Gasteiger partial charge < -0.3 is 19.7 Å². The van der Waals surface area contributed by atoms with Crippen LogP contribution in [0.4, 0.5) is 5.69 Å². The maximum Gasteiger partial charge on any atom is 0.341 e. The van der Waals surface area contributed by atoms with Crippen LogP contribution in [0.5, 0.6) is 0 Å². The van der Waals surface area contributed by atoms with Crippen LogP contribution in [0.15, 0.2) is 78.9 Å². The van der Waals surface area contributed by atoms with Gasteiger partial charge in [-0.2, -0.15) is 0 Å². The van der Waals surface area contributed by atoms with Crippen LogP contribution in [0, 0.1) is 6.92 Å². The Kier molecular flexibility index (Phi) is 6.05. The smallest absolute Gasteiger partial charge is 0.341 e. The molecule has 3 aromatic carbocycles. The number of hydrogen-bond donors (Lipinski definition) is 2. The van der Waals surface area contributed by atoms with Gasteiger partial charge in [-0.25, -0.2) is 4.79 Å². The average Bonchev–Trinajstić information content (AvgIpc) is 3.12. The lowest BCUT2D eigenvalue weighted by atomic mass is 10.1. The summed E-state index contributed by atoms with van der Waals surface area (Å²) in [5.74, 6) is -0.968. The van der Waals surface area contributed by atoms with E-state index in [-0.39, 0.29) is 12.5 Å². The Bertz CT molecular complexity index is 1280. The molecule has 0 saturated carbocycles. The molecule has 1 heterocycles. The molecule has 0 saturated heterocycles. The fourth-order valence-corrected chi connectivity index (χ4v) is 3.90. The minimum absolute atomic E-state index is 0.166. The van der Waals surface area contributed by atoms with Crippen LogP contribution < -0.4 is 5.32 Å². The van der Waals surface area contributed by atoms with Gasteiger partial charge in [0.2, 0.25) is 0 Å². The number of hydrogen-bond acceptors (Lipinski definition) is 4. The molecule has 0 fully saturated rings. The number of nitrogens with zero attached hydrogens (tertiary/aromatic N) is 1. The van der Waals surface area contributed by atoms with Gasteiger partial charge in [0.05, 0.1) is 29.2 Å². The predicted molar refractivity (Wildman–Crippen MR) is 124 cm³/mol. The molecule has 6 heteroatoms. The minimum Gasteiger partial charge on any atom is -0.464 e. The van der Waals surface area contributed by atoms with Crippen molar-refractivity contribution in [3.8, 4) is 5.69 Å². The number of aliphatic hydroxyl groups is 1. The number of para-hydroxylation sites is 3. The number of nitrogens with one attached hydrogen (secondary N) is 1. The van der Waals surface area contributed by atoms with E-state index in [1.54, 1.807) is 37.3 Å². The van der Waals surface area contributed by atoms with Gasteiger partial charge >= 0.3 is 5.97 Å². The van der Waals surface area contributed by atoms with Crippen LogP contribution in [0.2, 0.25) is 0 Å². The Morgan fingerprint density at radius 3 is 2.38 bits per heavy atom. The molecule has 6 nitrogen and oxygen atoms in total. The van der Waals surface area contributed by atoms with Crippen molar-refractivity contribution >= 4 is 28.5 Å². The standard InChI is InChI=1S/C26H24N2O4/c1-3-32-26(31)24(29)23-17(2)19-13-7-9-15-21(19)28(23)22-16-10-8-14-20(22)27-25(30)18-11-5-4-6-12-18/h4-16,24,29H,3H2,1-2H3,(H,27,30). The van der Waals surface area contributed by atoms with Crippen molar-refractivity contribution < 1.29 is 19.4 Å². The second-order valence-electron chi connectivity index (χ2n) is 7.35. The van der Waals surface area contributed by atoms with Crippen molar-refractivity contribution in [3.63, 3.8) is 0 Å². The topological polar surface area (TPSA) is 80.6 Å². The van der Waals surface area contributed by atoms with Gasteiger partial charge in [-0.3, -0.25) is 4.79 Å². The van der Waals surface area contributed by atoms with Crippen molar-refractivity contribution in [1.82, 2.24) is 4.57 Å². The van der Waals surface area contributed by atoms with Crippen LogP contribution in [0.3, 0.4) is 0 Å². The fraction of sp³-hybridized carbons (Fsp3) is 0.154. The molecule has 0 bridgehead atoms. The Labute approximate surface area is 186 Å². The molecular weight excluding hydrogens is 404 g/mol. The van der Waals surface area contributed by atoms with Crippen LogP contribution in [-0.4, -0.2) is 28.2 Å². The number of aryl methyl sites for hydroxylation is 1. The number of benzene rings is 3. The van der Waals surface area contributed by atoms with Crippen molar-refractivity contribution in [2.45, 2.75) is 20.0 Å². The van der Waals surface area contributed by atoms with E-state index in [1.165, 1.54) is 0 Å². The lowest BCUT2D eigenvalue weighted by molar-refractivity contribution is -0.153. The third kappa shape index (κ3) is 3.88. The predicted octanol–water partition coefficient (Wildman–Crippen LogP) is 4.79. The summed E-state index contributed by atoms with van der Waals surface area (Å²) in [5.41, 5.74) is 3.71. The number of amides is 1. The van der Waals surface area contributed by atoms with Crippen LogP contribution >= 0.6 is 0 Å². The summed E-state index contributed by atoms with van der Waals surface area (Å²) in [4.78, 5) is 25.3. The number of aromatic nitrogens is 1. The number of rotatable bonds is 6. The normalized spacial score (nSPS) is 11.8. The van der Waals surface area contributed by atoms with Crippen LogP contribution in [0.1, 0.15) is 34.6 Å². The Morgan fingerprint density at radius 2 is 1.62 bits per heavy atom. The third-order valence-corrected chi connectivity index (χ3v) is 5.37. The lowest BCUT2D eigenvalue weighted by Crippen LogP contribution is -2.20. The Morgan fingerprint density at radius 1 is 0.969 bits per heavy atom. The number of aliphatic hydroxyl groups excluding tert-OH is 1. The van der Waals surface area contributed by atoms with E-state index in [4.69, 9.17) is 4.74 Å². The Balaban J connectivity index is 1.88. The second-order valence-corrected chi connectivity index (χ2v) is 7.35. The van der Waals surface area contributed by atoms with Gasteiger partial charge in [-0.1, -0.05) is 48.5 Å². The molecule has 1 unspecified atom stereocenters. The molecule has 0 aliphatic carbocycles. The first-order valence-electron chi connectivity index (χ1n) is 10.4. The van der Waals surface area contributed by atoms with Gasteiger partial charge in [-0.15, -0.1) is 0 Å². The zero-order valence-electron chi connectivity index (χ0n) is 17.9. The first-order valence-corrected chi connectivity index (χ1v) is 10.4. The van der Waals surface area contributed by atoms with Gasteiger partial charge in [0.25, 0.3) is 5.91 Å². The summed E-state index contributed by atoms with van der Waals surface area (Å²) in [6.07, 6.45) is -1.47. The average molecular weight is 428 g/mol. The fourth-order valence-electron chi connectivity index (χ4n) is 3.90. The number of anilines is 1. The SMILES string of the molecule is CCOC(=O)C(O)c1c(C)c2ccccc2n1-c1ccccc1NC(=O)c1ccccc1. The zero-order valence-corrected chi connectivity index (χ0v) is 17.9. The first kappa shape index (κ1) is 21.3. The van der Waals surface area contributed by atoms with E-state index < -0.39 is 12.1 Å². The van der Waals surface area contributed by atoms with E-state index in [2.05, 4.69) is 5.32 Å². The molecule has 0 spiro atoms. The lowest BCUT2D eigenvalue weighted by Gasteiger charge is -2.19. The number of ether oxygens (including phenoxy) is 1. The van der Waals surface area contributed by atoms with Crippen molar-refractivity contribution in [2.24, 2.45) is 0 Å². The third-order valence-electron chi connectivity index (χ3n) is 5.37. The second kappa shape index (κ2) is 9.08. The highest BCUT2D eigenvalue weighted by molar-refractivity contribution is 6.05. The number of fused-ring (bicyclic) bond motifs is 1. The molecule has 0 radical (unpaired) electrons. The maximum atomic E-state index is 12.8. The first-order chi connectivity index (χ1) is 15.5. The summed E-state index contributed by atoms with van der Waals surface area (Å²) in [5, 5.41) is 14.8. The molecule has 2 N–H and O–H groups in total. The molecule has 1 amide bonds. The summed E-state index contributed by atoms with van der Waals surface area (Å²) >= 11 is 0. The quantitative estimate of drug-likeness (QED) is 0.433. The number of carbonyl (C=O) groups excluding carboxylic acids is 2. The zero-order chi connectivity index (χ0) is 22.7. The van der Waals surface area contributed by atoms with Gasteiger partial charge in [0.1, 0.15) is 0 Å².